The summed E-state index contributed by atoms with van der Waals surface area (Å²) < 4.78 is 11.1. The molecule has 1 fully saturated rings. The molecule has 0 radical (unpaired) electrons. The first-order chi connectivity index (χ1) is 15.9. The van der Waals surface area contributed by atoms with Gasteiger partial charge in [0.1, 0.15) is 6.61 Å². The lowest BCUT2D eigenvalue weighted by atomic mass is 9.98. The highest BCUT2D eigenvalue weighted by Crippen LogP contribution is 2.44. The number of ether oxygens (including phenoxy) is 2. The second kappa shape index (κ2) is 9.62. The van der Waals surface area contributed by atoms with E-state index in [9.17, 15) is 14.4 Å². The van der Waals surface area contributed by atoms with Crippen LogP contribution in [0.15, 0.2) is 48.5 Å². The van der Waals surface area contributed by atoms with Crippen LogP contribution in [0.3, 0.4) is 0 Å². The van der Waals surface area contributed by atoms with Gasteiger partial charge in [0.25, 0.3) is 5.91 Å². The Balaban J connectivity index is 1.36. The summed E-state index contributed by atoms with van der Waals surface area (Å²) >= 11 is 0. The summed E-state index contributed by atoms with van der Waals surface area (Å²) in [4.78, 5) is 37.8. The van der Waals surface area contributed by atoms with Crippen LogP contribution in [0.5, 0.6) is 0 Å². The molecule has 1 saturated heterocycles. The van der Waals surface area contributed by atoms with Crippen molar-refractivity contribution < 1.29 is 29.0 Å². The summed E-state index contributed by atoms with van der Waals surface area (Å²) in [6, 6.07) is 15.7. The molecule has 0 spiro atoms. The largest absolute Gasteiger partial charge is 0.481 e. The van der Waals surface area contributed by atoms with E-state index in [1.807, 2.05) is 24.3 Å². The third-order valence-corrected chi connectivity index (χ3v) is 6.33. The average molecular weight is 453 g/mol. The van der Waals surface area contributed by atoms with Crippen molar-refractivity contribution in [3.63, 3.8) is 0 Å². The molecule has 8 nitrogen and oxygen atoms in total. The van der Waals surface area contributed by atoms with Crippen LogP contribution in [-0.4, -0.2) is 66.9 Å². The van der Waals surface area contributed by atoms with Crippen molar-refractivity contribution in [3.05, 3.63) is 59.7 Å². The lowest BCUT2D eigenvalue weighted by Gasteiger charge is -2.26. The summed E-state index contributed by atoms with van der Waals surface area (Å²) in [6.45, 7) is 2.11. The second-order valence-electron chi connectivity index (χ2n) is 8.61. The van der Waals surface area contributed by atoms with Gasteiger partial charge in [-0.05, 0) is 28.7 Å². The summed E-state index contributed by atoms with van der Waals surface area (Å²) in [6.07, 6.45) is -0.994. The van der Waals surface area contributed by atoms with E-state index in [0.717, 1.165) is 22.3 Å². The van der Waals surface area contributed by atoms with Crippen LogP contribution < -0.4 is 5.32 Å². The maximum Gasteiger partial charge on any atom is 0.407 e. The Morgan fingerprint density at radius 2 is 1.73 bits per heavy atom. The molecule has 2 aliphatic rings. The van der Waals surface area contributed by atoms with Crippen LogP contribution in [0.1, 0.15) is 30.4 Å². The van der Waals surface area contributed by atoms with Gasteiger partial charge >= 0.3 is 12.1 Å². The van der Waals surface area contributed by atoms with E-state index in [0.29, 0.717) is 13.0 Å². The molecule has 0 bridgehead atoms. The number of carboxylic acid groups (broad SMARTS) is 1. The van der Waals surface area contributed by atoms with E-state index in [4.69, 9.17) is 14.6 Å². The first-order valence-electron chi connectivity index (χ1n) is 11.1. The quantitative estimate of drug-likeness (QED) is 0.669. The molecule has 2 amide bonds. The summed E-state index contributed by atoms with van der Waals surface area (Å²) in [7, 11) is 1.54. The maximum absolute atomic E-state index is 12.8. The SMILES string of the molecule is CC(CN(C)C(=O)C1OCCC1NC(=O)OCC1c2ccccc2-c2ccccc21)C(=O)O. The molecule has 3 unspecified atom stereocenters. The molecule has 4 rings (SSSR count). The molecule has 174 valence electrons. The number of benzene rings is 2. The van der Waals surface area contributed by atoms with Gasteiger partial charge < -0.3 is 24.8 Å². The number of carbonyl (C=O) groups is 3. The zero-order chi connectivity index (χ0) is 23.5. The zero-order valence-electron chi connectivity index (χ0n) is 18.7. The average Bonchev–Trinajstić information content (AvgIpc) is 3.39. The van der Waals surface area contributed by atoms with E-state index in [-0.39, 0.29) is 25.0 Å². The highest BCUT2D eigenvalue weighted by Gasteiger charge is 2.38. The molecule has 1 heterocycles. The molecule has 0 aromatic heterocycles. The van der Waals surface area contributed by atoms with E-state index in [2.05, 4.69) is 29.6 Å². The lowest BCUT2D eigenvalue weighted by molar-refractivity contribution is -0.145. The van der Waals surface area contributed by atoms with E-state index in [1.165, 1.54) is 18.9 Å². The zero-order valence-corrected chi connectivity index (χ0v) is 18.7. The number of nitrogens with zero attached hydrogens (tertiary/aromatic N) is 1. The van der Waals surface area contributed by atoms with E-state index in [1.54, 1.807) is 0 Å². The highest BCUT2D eigenvalue weighted by atomic mass is 16.6. The Hall–Kier alpha value is -3.39. The number of hydrogen-bond acceptors (Lipinski definition) is 5. The van der Waals surface area contributed by atoms with Crippen molar-refractivity contribution in [1.82, 2.24) is 10.2 Å². The predicted octanol–water partition coefficient (Wildman–Crippen LogP) is 2.86. The minimum absolute atomic E-state index is 0.0518. The van der Waals surface area contributed by atoms with Gasteiger partial charge in [0, 0.05) is 26.1 Å². The number of alkyl carbamates (subject to hydrolysis) is 1. The molecule has 33 heavy (non-hydrogen) atoms. The second-order valence-corrected chi connectivity index (χ2v) is 8.61. The predicted molar refractivity (Wildman–Crippen MR) is 121 cm³/mol. The van der Waals surface area contributed by atoms with Crippen LogP contribution in [-0.2, 0) is 19.1 Å². The number of rotatable bonds is 7. The minimum Gasteiger partial charge on any atom is -0.481 e. The Kier molecular flexibility index (Phi) is 6.65. The standard InChI is InChI=1S/C25H28N2O6/c1-15(24(29)30)13-27(2)23(28)22-21(11-12-32-22)26-25(31)33-14-20-18-9-5-3-7-16(18)17-8-4-6-10-19(17)20/h3-10,15,20-22H,11-14H2,1-2H3,(H,26,31)(H,29,30). The molecule has 1 aliphatic carbocycles. The van der Waals surface area contributed by atoms with Gasteiger partial charge in [-0.1, -0.05) is 55.5 Å². The van der Waals surface area contributed by atoms with Gasteiger partial charge in [0.05, 0.1) is 12.0 Å². The number of carboxylic acids is 1. The number of amides is 2. The Bertz CT molecular complexity index is 1010. The normalized spacial score (nSPS) is 19.9. The highest BCUT2D eigenvalue weighted by molar-refractivity contribution is 5.83. The number of hydrogen-bond donors (Lipinski definition) is 2. The Morgan fingerprint density at radius 3 is 2.33 bits per heavy atom. The third-order valence-electron chi connectivity index (χ3n) is 6.33. The van der Waals surface area contributed by atoms with Crippen molar-refractivity contribution in [3.8, 4) is 11.1 Å². The number of nitrogens with one attached hydrogen (secondary N) is 1. The van der Waals surface area contributed by atoms with Crippen LogP contribution >= 0.6 is 0 Å². The molecule has 2 aromatic carbocycles. The number of likely N-dealkylation sites (N-methyl/N-ethyl adjacent to an activating group) is 1. The van der Waals surface area contributed by atoms with Crippen LogP contribution in [0.4, 0.5) is 4.79 Å². The van der Waals surface area contributed by atoms with Gasteiger partial charge in [-0.2, -0.15) is 0 Å². The van der Waals surface area contributed by atoms with Crippen molar-refractivity contribution in [1.29, 1.82) is 0 Å². The van der Waals surface area contributed by atoms with Gasteiger partial charge in [-0.3, -0.25) is 9.59 Å². The summed E-state index contributed by atoms with van der Waals surface area (Å²) in [5.74, 6) is -2.09. The topological polar surface area (TPSA) is 105 Å². The minimum atomic E-state index is -0.977. The lowest BCUT2D eigenvalue weighted by Crippen LogP contribution is -2.49. The fourth-order valence-corrected chi connectivity index (χ4v) is 4.57. The molecule has 3 atom stereocenters. The molecular formula is C25H28N2O6. The molecule has 2 N–H and O–H groups in total. The Labute approximate surface area is 192 Å². The van der Waals surface area contributed by atoms with Gasteiger partial charge in [0.2, 0.25) is 0 Å². The molecule has 2 aromatic rings. The van der Waals surface area contributed by atoms with Gasteiger partial charge in [-0.25, -0.2) is 4.79 Å². The number of fused-ring (bicyclic) bond motifs is 3. The molecular weight excluding hydrogens is 424 g/mol. The maximum atomic E-state index is 12.8. The fraction of sp³-hybridized carbons (Fsp3) is 0.400. The van der Waals surface area contributed by atoms with E-state index < -0.39 is 30.1 Å². The first kappa shape index (κ1) is 22.8. The first-order valence-corrected chi connectivity index (χ1v) is 11.1. The van der Waals surface area contributed by atoms with Gasteiger partial charge in [-0.15, -0.1) is 0 Å². The number of carbonyl (C=O) groups excluding carboxylic acids is 2. The van der Waals surface area contributed by atoms with Crippen LogP contribution in [0.25, 0.3) is 11.1 Å². The van der Waals surface area contributed by atoms with Crippen molar-refractivity contribution in [2.75, 3.05) is 26.8 Å². The van der Waals surface area contributed by atoms with Crippen molar-refractivity contribution in [2.45, 2.75) is 31.4 Å². The monoisotopic (exact) mass is 452 g/mol. The molecule has 1 aliphatic heterocycles. The van der Waals surface area contributed by atoms with E-state index >= 15 is 0 Å². The van der Waals surface area contributed by atoms with Gasteiger partial charge in [0.15, 0.2) is 6.10 Å². The third kappa shape index (κ3) is 4.71. The smallest absolute Gasteiger partial charge is 0.407 e. The van der Waals surface area contributed by atoms with Crippen LogP contribution in [0.2, 0.25) is 0 Å². The summed E-state index contributed by atoms with van der Waals surface area (Å²) in [5, 5.41) is 11.8. The number of aliphatic carboxylic acids is 1. The summed E-state index contributed by atoms with van der Waals surface area (Å²) in [5.41, 5.74) is 4.54. The molecule has 8 heteroatoms. The van der Waals surface area contributed by atoms with Crippen LogP contribution in [0, 0.1) is 5.92 Å². The van der Waals surface area contributed by atoms with Crippen molar-refractivity contribution >= 4 is 18.0 Å². The Morgan fingerprint density at radius 1 is 1.12 bits per heavy atom. The fourth-order valence-electron chi connectivity index (χ4n) is 4.57. The molecule has 0 saturated carbocycles. The van der Waals surface area contributed by atoms with Crippen molar-refractivity contribution in [2.24, 2.45) is 5.92 Å².